The average Bonchev–Trinajstić information content (AvgIpc) is 2.39. The molecule has 2 heteroatoms. The maximum absolute atomic E-state index is 5.67. The molecule has 0 heterocycles. The van der Waals surface area contributed by atoms with Gasteiger partial charge in [-0.1, -0.05) is 60.7 Å². The highest BCUT2D eigenvalue weighted by molar-refractivity contribution is 5.14. The van der Waals surface area contributed by atoms with Crippen LogP contribution in [-0.2, 0) is 18.0 Å². The van der Waals surface area contributed by atoms with Crippen LogP contribution in [0.5, 0.6) is 0 Å². The van der Waals surface area contributed by atoms with E-state index in [4.69, 9.17) is 4.84 Å². The first-order valence-electron chi connectivity index (χ1n) is 5.76. The summed E-state index contributed by atoms with van der Waals surface area (Å²) in [5, 5.41) is 1.86. The maximum atomic E-state index is 5.67. The first-order chi connectivity index (χ1) is 8.34. The molecule has 0 spiro atoms. The van der Waals surface area contributed by atoms with Crippen molar-refractivity contribution < 1.29 is 4.84 Å². The molecule has 0 saturated heterocycles. The van der Waals surface area contributed by atoms with Crippen LogP contribution < -0.4 is 0 Å². The molecular weight excluding hydrogens is 210 g/mol. The second-order valence-electron chi connectivity index (χ2n) is 4.03. The van der Waals surface area contributed by atoms with Gasteiger partial charge in [0.05, 0.1) is 6.61 Å². The largest absolute Gasteiger partial charge is 0.294 e. The van der Waals surface area contributed by atoms with Crippen molar-refractivity contribution in [2.75, 3.05) is 7.05 Å². The van der Waals surface area contributed by atoms with E-state index in [2.05, 4.69) is 24.3 Å². The zero-order valence-electron chi connectivity index (χ0n) is 10.0. The van der Waals surface area contributed by atoms with Gasteiger partial charge in [0, 0.05) is 13.6 Å². The molecule has 0 amide bonds. The molecule has 0 aliphatic rings. The van der Waals surface area contributed by atoms with Crippen molar-refractivity contribution in [3.8, 4) is 0 Å². The maximum Gasteiger partial charge on any atom is 0.0935 e. The van der Waals surface area contributed by atoms with Gasteiger partial charge in [0.15, 0.2) is 0 Å². The van der Waals surface area contributed by atoms with Crippen LogP contribution in [0.25, 0.3) is 0 Å². The predicted molar refractivity (Wildman–Crippen MR) is 69.1 cm³/mol. The Kier molecular flexibility index (Phi) is 4.30. The van der Waals surface area contributed by atoms with Crippen molar-refractivity contribution in [1.29, 1.82) is 0 Å². The standard InChI is InChI=1S/C15H17NO/c1-16(12-14-8-4-2-5-9-14)17-13-15-10-6-3-7-11-15/h2-11H,12-13H2,1H3. The zero-order valence-corrected chi connectivity index (χ0v) is 10.0. The van der Waals surface area contributed by atoms with Crippen LogP contribution in [0.3, 0.4) is 0 Å². The molecule has 2 nitrogen and oxygen atoms in total. The fourth-order valence-electron chi connectivity index (χ4n) is 1.65. The third kappa shape index (κ3) is 4.02. The molecule has 0 aliphatic carbocycles. The van der Waals surface area contributed by atoms with Crippen molar-refractivity contribution in [1.82, 2.24) is 5.06 Å². The summed E-state index contributed by atoms with van der Waals surface area (Å²) in [5.74, 6) is 0. The molecule has 17 heavy (non-hydrogen) atoms. The number of hydrogen-bond acceptors (Lipinski definition) is 2. The highest BCUT2D eigenvalue weighted by Crippen LogP contribution is 2.06. The second-order valence-corrected chi connectivity index (χ2v) is 4.03. The lowest BCUT2D eigenvalue weighted by atomic mass is 10.2. The Bertz CT molecular complexity index is 427. The molecule has 2 aromatic rings. The van der Waals surface area contributed by atoms with Gasteiger partial charge in [0.2, 0.25) is 0 Å². The van der Waals surface area contributed by atoms with E-state index >= 15 is 0 Å². The minimum absolute atomic E-state index is 0.615. The molecule has 0 unspecified atom stereocenters. The molecule has 0 aliphatic heterocycles. The van der Waals surface area contributed by atoms with Crippen LogP contribution in [0.2, 0.25) is 0 Å². The van der Waals surface area contributed by atoms with Crippen LogP contribution >= 0.6 is 0 Å². The Morgan fingerprint density at radius 1 is 0.824 bits per heavy atom. The van der Waals surface area contributed by atoms with E-state index in [0.717, 1.165) is 6.54 Å². The molecule has 0 aromatic heterocycles. The number of hydroxylamine groups is 2. The molecule has 0 bridgehead atoms. The van der Waals surface area contributed by atoms with E-state index in [0.29, 0.717) is 6.61 Å². The molecule has 2 aromatic carbocycles. The summed E-state index contributed by atoms with van der Waals surface area (Å²) in [5.41, 5.74) is 2.44. The van der Waals surface area contributed by atoms with E-state index in [1.54, 1.807) is 0 Å². The van der Waals surface area contributed by atoms with Gasteiger partial charge >= 0.3 is 0 Å². The summed E-state index contributed by atoms with van der Waals surface area (Å²) in [7, 11) is 1.95. The average molecular weight is 227 g/mol. The third-order valence-corrected chi connectivity index (χ3v) is 2.54. The van der Waals surface area contributed by atoms with Gasteiger partial charge in [-0.3, -0.25) is 4.84 Å². The third-order valence-electron chi connectivity index (χ3n) is 2.54. The van der Waals surface area contributed by atoms with E-state index < -0.39 is 0 Å². The highest BCUT2D eigenvalue weighted by atomic mass is 16.7. The first-order valence-corrected chi connectivity index (χ1v) is 5.76. The minimum atomic E-state index is 0.615. The Morgan fingerprint density at radius 3 is 1.94 bits per heavy atom. The number of nitrogens with zero attached hydrogens (tertiary/aromatic N) is 1. The van der Waals surface area contributed by atoms with Crippen LogP contribution in [0.4, 0.5) is 0 Å². The quantitative estimate of drug-likeness (QED) is 0.727. The summed E-state index contributed by atoms with van der Waals surface area (Å²) >= 11 is 0. The molecular formula is C15H17NO. The second kappa shape index (κ2) is 6.18. The predicted octanol–water partition coefficient (Wildman–Crippen LogP) is 3.25. The Labute approximate surface area is 102 Å². The topological polar surface area (TPSA) is 12.5 Å². The summed E-state index contributed by atoms with van der Waals surface area (Å²) in [4.78, 5) is 5.67. The number of benzene rings is 2. The smallest absolute Gasteiger partial charge is 0.0935 e. The van der Waals surface area contributed by atoms with Gasteiger partial charge in [0.25, 0.3) is 0 Å². The van der Waals surface area contributed by atoms with Gasteiger partial charge in [-0.15, -0.1) is 0 Å². The van der Waals surface area contributed by atoms with Gasteiger partial charge in [-0.2, -0.15) is 5.06 Å². The van der Waals surface area contributed by atoms with E-state index in [-0.39, 0.29) is 0 Å². The van der Waals surface area contributed by atoms with E-state index in [1.165, 1.54) is 11.1 Å². The Balaban J connectivity index is 1.80. The summed E-state index contributed by atoms with van der Waals surface area (Å²) in [6.07, 6.45) is 0. The van der Waals surface area contributed by atoms with Crippen molar-refractivity contribution in [2.24, 2.45) is 0 Å². The normalized spacial score (nSPS) is 10.7. The fraction of sp³-hybridized carbons (Fsp3) is 0.200. The number of rotatable bonds is 5. The van der Waals surface area contributed by atoms with Crippen molar-refractivity contribution in [3.05, 3.63) is 71.8 Å². The molecule has 88 valence electrons. The summed E-state index contributed by atoms with van der Waals surface area (Å²) in [6.45, 7) is 1.41. The fourth-order valence-corrected chi connectivity index (χ4v) is 1.65. The number of hydrogen-bond donors (Lipinski definition) is 0. The molecule has 0 atom stereocenters. The lowest BCUT2D eigenvalue weighted by molar-refractivity contribution is -0.157. The zero-order chi connectivity index (χ0) is 11.9. The van der Waals surface area contributed by atoms with Gasteiger partial charge < -0.3 is 0 Å². The molecule has 0 fully saturated rings. The van der Waals surface area contributed by atoms with Gasteiger partial charge in [-0.25, -0.2) is 0 Å². The van der Waals surface area contributed by atoms with Crippen LogP contribution in [0, 0.1) is 0 Å². The van der Waals surface area contributed by atoms with Crippen molar-refractivity contribution in [2.45, 2.75) is 13.2 Å². The molecule has 0 saturated carbocycles. The van der Waals surface area contributed by atoms with E-state index in [9.17, 15) is 0 Å². The van der Waals surface area contributed by atoms with E-state index in [1.807, 2.05) is 48.5 Å². The van der Waals surface area contributed by atoms with Crippen LogP contribution in [-0.4, -0.2) is 12.1 Å². The molecule has 0 N–H and O–H groups in total. The summed E-state index contributed by atoms with van der Waals surface area (Å²) < 4.78 is 0. The van der Waals surface area contributed by atoms with Gasteiger partial charge in [-0.05, 0) is 11.1 Å². The van der Waals surface area contributed by atoms with Crippen molar-refractivity contribution in [3.63, 3.8) is 0 Å². The molecule has 0 radical (unpaired) electrons. The summed E-state index contributed by atoms with van der Waals surface area (Å²) in [6, 6.07) is 20.5. The lowest BCUT2D eigenvalue weighted by Gasteiger charge is -2.16. The first kappa shape index (κ1) is 11.8. The van der Waals surface area contributed by atoms with Crippen LogP contribution in [0.1, 0.15) is 11.1 Å². The monoisotopic (exact) mass is 227 g/mol. The highest BCUT2D eigenvalue weighted by Gasteiger charge is 2.00. The Hall–Kier alpha value is -1.64. The Morgan fingerprint density at radius 2 is 1.35 bits per heavy atom. The molecule has 2 rings (SSSR count). The van der Waals surface area contributed by atoms with Crippen molar-refractivity contribution >= 4 is 0 Å². The lowest BCUT2D eigenvalue weighted by Crippen LogP contribution is -2.18. The minimum Gasteiger partial charge on any atom is -0.294 e. The van der Waals surface area contributed by atoms with Crippen LogP contribution in [0.15, 0.2) is 60.7 Å². The SMILES string of the molecule is CN(Cc1ccccc1)OCc1ccccc1. The van der Waals surface area contributed by atoms with Gasteiger partial charge in [0.1, 0.15) is 0 Å².